The molecule has 184 valence electrons. The van der Waals surface area contributed by atoms with Crippen LogP contribution in [0.4, 0.5) is 23.0 Å². The number of nitrogens with one attached hydrogen (secondary N) is 2. The van der Waals surface area contributed by atoms with Crippen LogP contribution in [-0.2, 0) is 4.79 Å². The van der Waals surface area contributed by atoms with E-state index in [1.54, 1.807) is 12.1 Å². The molecule has 1 aliphatic rings. The third-order valence-corrected chi connectivity index (χ3v) is 6.96. The van der Waals surface area contributed by atoms with Crippen LogP contribution in [0.25, 0.3) is 10.2 Å². The Morgan fingerprint density at radius 1 is 1.08 bits per heavy atom. The minimum Gasteiger partial charge on any atom is -0.437 e. The Hall–Kier alpha value is -3.95. The summed E-state index contributed by atoms with van der Waals surface area (Å²) >= 11 is 1.52. The van der Waals surface area contributed by atoms with Crippen LogP contribution < -0.4 is 20.3 Å². The molecule has 8 nitrogen and oxygen atoms in total. The van der Waals surface area contributed by atoms with E-state index in [1.807, 2.05) is 23.6 Å². The lowest BCUT2D eigenvalue weighted by molar-refractivity contribution is -0.111. The fraction of sp³-hybridized carbons (Fsp3) is 0.222. The average molecular weight is 501 g/mol. The number of likely N-dealkylation sites (N-methyl/N-ethyl adjacent to an activating group) is 1. The van der Waals surface area contributed by atoms with Gasteiger partial charge in [-0.25, -0.2) is 4.98 Å². The van der Waals surface area contributed by atoms with Gasteiger partial charge < -0.3 is 25.2 Å². The Kier molecular flexibility index (Phi) is 6.84. The molecule has 0 bridgehead atoms. The summed E-state index contributed by atoms with van der Waals surface area (Å²) in [6.45, 7) is 9.82. The summed E-state index contributed by atoms with van der Waals surface area (Å²) < 4.78 is 7.00. The van der Waals surface area contributed by atoms with Gasteiger partial charge in [0.15, 0.2) is 0 Å². The van der Waals surface area contributed by atoms with Gasteiger partial charge in [0.1, 0.15) is 10.4 Å². The van der Waals surface area contributed by atoms with Crippen molar-refractivity contribution >= 4 is 50.5 Å². The molecule has 1 saturated heterocycles. The number of piperazine rings is 1. The number of ether oxygens (including phenoxy) is 1. The maximum Gasteiger partial charge on any atom is 0.247 e. The molecule has 2 aromatic carbocycles. The minimum atomic E-state index is -0.282. The molecule has 0 unspecified atom stereocenters. The van der Waals surface area contributed by atoms with E-state index in [0.29, 0.717) is 23.3 Å². The third-order valence-electron chi connectivity index (χ3n) is 6.07. The molecule has 4 aromatic rings. The van der Waals surface area contributed by atoms with Gasteiger partial charge in [-0.1, -0.05) is 12.6 Å². The number of anilines is 4. The number of fused-ring (bicyclic) bond motifs is 1. The standard InChI is InChI=1S/C27H28N6O2S/c1-4-24(34)28-19-6-5-7-21(17-19)35-26-25-22(10-15-36-25)30-27(31-26)29-20-8-9-23(18(2)16-20)33-13-11-32(3)12-14-33/h4-10,15-17H,1,11-14H2,2-3H3,(H,28,34)(H,29,30,31). The highest BCUT2D eigenvalue weighted by Crippen LogP contribution is 2.34. The number of aryl methyl sites for hydroxylation is 1. The maximum absolute atomic E-state index is 11.7. The first-order valence-electron chi connectivity index (χ1n) is 11.8. The second-order valence-electron chi connectivity index (χ2n) is 8.73. The SMILES string of the molecule is C=CC(=O)Nc1cccc(Oc2nc(Nc3ccc(N4CCN(C)CC4)c(C)c3)nc3ccsc23)c1. The summed E-state index contributed by atoms with van der Waals surface area (Å²) in [5.74, 6) is 1.19. The first-order valence-corrected chi connectivity index (χ1v) is 12.6. The highest BCUT2D eigenvalue weighted by atomic mass is 32.1. The lowest BCUT2D eigenvalue weighted by atomic mass is 10.1. The molecule has 0 aliphatic carbocycles. The van der Waals surface area contributed by atoms with E-state index < -0.39 is 0 Å². The number of aromatic nitrogens is 2. The lowest BCUT2D eigenvalue weighted by Gasteiger charge is -2.35. The smallest absolute Gasteiger partial charge is 0.247 e. The van der Waals surface area contributed by atoms with Gasteiger partial charge in [-0.3, -0.25) is 4.79 Å². The van der Waals surface area contributed by atoms with Crippen LogP contribution in [0.1, 0.15) is 5.56 Å². The number of rotatable bonds is 7. The fourth-order valence-corrected chi connectivity index (χ4v) is 4.92. The topological polar surface area (TPSA) is 82.6 Å². The van der Waals surface area contributed by atoms with Crippen molar-refractivity contribution in [2.24, 2.45) is 0 Å². The Morgan fingerprint density at radius 2 is 1.92 bits per heavy atom. The van der Waals surface area contributed by atoms with Crippen LogP contribution >= 0.6 is 11.3 Å². The molecule has 1 aliphatic heterocycles. The second kappa shape index (κ2) is 10.3. The van der Waals surface area contributed by atoms with E-state index in [4.69, 9.17) is 4.74 Å². The zero-order valence-corrected chi connectivity index (χ0v) is 21.1. The molecule has 0 atom stereocenters. The summed E-state index contributed by atoms with van der Waals surface area (Å²) in [4.78, 5) is 25.8. The Morgan fingerprint density at radius 3 is 2.69 bits per heavy atom. The quantitative estimate of drug-likeness (QED) is 0.328. The van der Waals surface area contributed by atoms with E-state index in [0.717, 1.165) is 42.1 Å². The number of amides is 1. The van der Waals surface area contributed by atoms with E-state index in [1.165, 1.54) is 28.7 Å². The molecule has 2 N–H and O–H groups in total. The number of nitrogens with zero attached hydrogens (tertiary/aromatic N) is 4. The molecular weight excluding hydrogens is 472 g/mol. The molecule has 36 heavy (non-hydrogen) atoms. The summed E-state index contributed by atoms with van der Waals surface area (Å²) in [5.41, 5.74) is 4.80. The van der Waals surface area contributed by atoms with Gasteiger partial charge in [0, 0.05) is 49.3 Å². The summed E-state index contributed by atoms with van der Waals surface area (Å²) in [6.07, 6.45) is 1.23. The van der Waals surface area contributed by atoms with Crippen molar-refractivity contribution in [1.29, 1.82) is 0 Å². The van der Waals surface area contributed by atoms with Crippen LogP contribution in [-0.4, -0.2) is 54.0 Å². The second-order valence-corrected chi connectivity index (χ2v) is 9.64. The summed E-state index contributed by atoms with van der Waals surface area (Å²) in [5, 5.41) is 8.05. The molecule has 9 heteroatoms. The monoisotopic (exact) mass is 500 g/mol. The molecule has 3 heterocycles. The van der Waals surface area contributed by atoms with Crippen LogP contribution in [0.15, 0.2) is 66.6 Å². The van der Waals surface area contributed by atoms with Gasteiger partial charge in [-0.2, -0.15) is 4.98 Å². The Bertz CT molecular complexity index is 1410. The molecule has 1 fully saturated rings. The van der Waals surface area contributed by atoms with Crippen molar-refractivity contribution in [2.45, 2.75) is 6.92 Å². The third kappa shape index (κ3) is 5.32. The number of carbonyl (C=O) groups is 1. The Labute approximate surface area is 214 Å². The largest absolute Gasteiger partial charge is 0.437 e. The number of hydrogen-bond donors (Lipinski definition) is 2. The molecule has 2 aromatic heterocycles. The van der Waals surface area contributed by atoms with E-state index in [-0.39, 0.29) is 5.91 Å². The van der Waals surface area contributed by atoms with Crippen molar-refractivity contribution in [3.8, 4) is 11.6 Å². The van der Waals surface area contributed by atoms with Crippen molar-refractivity contribution in [2.75, 3.05) is 48.8 Å². The highest BCUT2D eigenvalue weighted by molar-refractivity contribution is 7.17. The first kappa shape index (κ1) is 23.8. The van der Waals surface area contributed by atoms with Crippen molar-refractivity contribution in [3.63, 3.8) is 0 Å². The van der Waals surface area contributed by atoms with E-state index in [9.17, 15) is 4.79 Å². The number of carbonyl (C=O) groups excluding carboxylic acids is 1. The van der Waals surface area contributed by atoms with Gasteiger partial charge >= 0.3 is 0 Å². The minimum absolute atomic E-state index is 0.282. The predicted molar refractivity (Wildman–Crippen MR) is 147 cm³/mol. The molecular formula is C27H28N6O2S. The van der Waals surface area contributed by atoms with Crippen molar-refractivity contribution in [3.05, 3.63) is 72.1 Å². The molecule has 0 saturated carbocycles. The zero-order chi connectivity index (χ0) is 25.1. The summed E-state index contributed by atoms with van der Waals surface area (Å²) in [7, 11) is 2.16. The number of benzene rings is 2. The van der Waals surface area contributed by atoms with Gasteiger partial charge in [-0.15, -0.1) is 11.3 Å². The predicted octanol–water partition coefficient (Wildman–Crippen LogP) is 5.41. The highest BCUT2D eigenvalue weighted by Gasteiger charge is 2.17. The van der Waals surface area contributed by atoms with Gasteiger partial charge in [0.25, 0.3) is 0 Å². The van der Waals surface area contributed by atoms with Crippen LogP contribution in [0, 0.1) is 6.92 Å². The van der Waals surface area contributed by atoms with Crippen molar-refractivity contribution < 1.29 is 9.53 Å². The number of hydrogen-bond acceptors (Lipinski definition) is 8. The average Bonchev–Trinajstić information content (AvgIpc) is 3.34. The number of thiophene rings is 1. The van der Waals surface area contributed by atoms with Gasteiger partial charge in [0.05, 0.1) is 5.52 Å². The first-order chi connectivity index (χ1) is 17.5. The zero-order valence-electron chi connectivity index (χ0n) is 20.3. The van der Waals surface area contributed by atoms with Gasteiger partial charge in [0.2, 0.25) is 17.7 Å². The maximum atomic E-state index is 11.7. The van der Waals surface area contributed by atoms with Crippen LogP contribution in [0.5, 0.6) is 11.6 Å². The van der Waals surface area contributed by atoms with Gasteiger partial charge in [-0.05, 0) is 67.4 Å². The normalized spacial score (nSPS) is 14.0. The molecule has 5 rings (SSSR count). The molecule has 0 spiro atoms. The molecule has 1 amide bonds. The van der Waals surface area contributed by atoms with Crippen LogP contribution in [0.3, 0.4) is 0 Å². The fourth-order valence-electron chi connectivity index (χ4n) is 4.17. The molecule has 0 radical (unpaired) electrons. The summed E-state index contributed by atoms with van der Waals surface area (Å²) in [6, 6.07) is 15.5. The Balaban J connectivity index is 1.37. The van der Waals surface area contributed by atoms with Crippen molar-refractivity contribution in [1.82, 2.24) is 14.9 Å². The van der Waals surface area contributed by atoms with E-state index in [2.05, 4.69) is 69.2 Å². The van der Waals surface area contributed by atoms with Crippen LogP contribution in [0.2, 0.25) is 0 Å². The lowest BCUT2D eigenvalue weighted by Crippen LogP contribution is -2.44. The van der Waals surface area contributed by atoms with E-state index >= 15 is 0 Å².